The van der Waals surface area contributed by atoms with Crippen LogP contribution in [0.2, 0.25) is 0 Å². The molecule has 1 aliphatic heterocycles. The van der Waals surface area contributed by atoms with Crippen LogP contribution in [0.15, 0.2) is 24.7 Å². The summed E-state index contributed by atoms with van der Waals surface area (Å²) >= 11 is 0. The van der Waals surface area contributed by atoms with Crippen molar-refractivity contribution in [3.63, 3.8) is 0 Å². The van der Waals surface area contributed by atoms with Gasteiger partial charge in [-0.3, -0.25) is 14.3 Å². The third-order valence-electron chi connectivity index (χ3n) is 4.28. The second-order valence-corrected chi connectivity index (χ2v) is 6.53. The van der Waals surface area contributed by atoms with Crippen LogP contribution in [0, 0.1) is 0 Å². The standard InChI is InChI=1S/C16H25N7O/c1-20(2)16(24)17-6-4-14-11-22(10-13-8-19-21(3)9-13)12-15-5-7-18-23(14)15/h5,7-9,14H,4,6,10-12H2,1-3H3,(H,17,24)/t14-/m0/s1. The van der Waals surface area contributed by atoms with Crippen molar-refractivity contribution in [2.24, 2.45) is 7.05 Å². The molecule has 1 atom stereocenters. The monoisotopic (exact) mass is 331 g/mol. The number of carbonyl (C=O) groups excluding carboxylic acids is 1. The van der Waals surface area contributed by atoms with E-state index in [9.17, 15) is 4.79 Å². The van der Waals surface area contributed by atoms with Crippen molar-refractivity contribution in [2.45, 2.75) is 25.6 Å². The van der Waals surface area contributed by atoms with Gasteiger partial charge >= 0.3 is 6.03 Å². The van der Waals surface area contributed by atoms with Crippen LogP contribution in [0.3, 0.4) is 0 Å². The molecule has 0 fully saturated rings. The van der Waals surface area contributed by atoms with Crippen LogP contribution in [0.25, 0.3) is 0 Å². The lowest BCUT2D eigenvalue weighted by molar-refractivity contribution is 0.160. The van der Waals surface area contributed by atoms with Crippen molar-refractivity contribution in [2.75, 3.05) is 27.2 Å². The summed E-state index contributed by atoms with van der Waals surface area (Å²) in [4.78, 5) is 15.6. The molecule has 0 saturated heterocycles. The fraction of sp³-hybridized carbons (Fsp3) is 0.562. The maximum absolute atomic E-state index is 11.7. The summed E-state index contributed by atoms with van der Waals surface area (Å²) in [5.41, 5.74) is 2.43. The molecule has 0 unspecified atom stereocenters. The number of urea groups is 1. The van der Waals surface area contributed by atoms with E-state index < -0.39 is 0 Å². The summed E-state index contributed by atoms with van der Waals surface area (Å²) in [7, 11) is 5.43. The van der Waals surface area contributed by atoms with Gasteiger partial charge in [-0.1, -0.05) is 0 Å². The van der Waals surface area contributed by atoms with Crippen LogP contribution in [-0.2, 0) is 20.1 Å². The third-order valence-corrected chi connectivity index (χ3v) is 4.28. The number of carbonyl (C=O) groups is 1. The Kier molecular flexibility index (Phi) is 4.84. The Morgan fingerprint density at radius 3 is 2.96 bits per heavy atom. The summed E-state index contributed by atoms with van der Waals surface area (Å²) in [6.07, 6.45) is 6.68. The zero-order valence-corrected chi connectivity index (χ0v) is 14.5. The predicted octanol–water partition coefficient (Wildman–Crippen LogP) is 0.835. The van der Waals surface area contributed by atoms with Crippen LogP contribution in [0.5, 0.6) is 0 Å². The highest BCUT2D eigenvalue weighted by molar-refractivity contribution is 5.73. The van der Waals surface area contributed by atoms with Crippen LogP contribution < -0.4 is 5.32 Å². The Balaban J connectivity index is 1.62. The van der Waals surface area contributed by atoms with Crippen molar-refractivity contribution >= 4 is 6.03 Å². The maximum Gasteiger partial charge on any atom is 0.316 e. The van der Waals surface area contributed by atoms with Gasteiger partial charge in [0.15, 0.2) is 0 Å². The van der Waals surface area contributed by atoms with Crippen molar-refractivity contribution in [1.82, 2.24) is 34.7 Å². The Hall–Kier alpha value is -2.35. The number of hydrogen-bond acceptors (Lipinski definition) is 4. The summed E-state index contributed by atoms with van der Waals surface area (Å²) in [6, 6.07) is 2.28. The number of nitrogens with one attached hydrogen (secondary N) is 1. The summed E-state index contributed by atoms with van der Waals surface area (Å²) in [6.45, 7) is 3.32. The van der Waals surface area contributed by atoms with Crippen LogP contribution in [0.4, 0.5) is 4.79 Å². The molecule has 0 radical (unpaired) electrons. The predicted molar refractivity (Wildman–Crippen MR) is 90.3 cm³/mol. The molecule has 0 saturated carbocycles. The third kappa shape index (κ3) is 3.76. The molecule has 0 spiro atoms. The highest BCUT2D eigenvalue weighted by Gasteiger charge is 2.25. The van der Waals surface area contributed by atoms with E-state index in [2.05, 4.69) is 37.4 Å². The highest BCUT2D eigenvalue weighted by atomic mass is 16.2. The lowest BCUT2D eigenvalue weighted by atomic mass is 10.1. The summed E-state index contributed by atoms with van der Waals surface area (Å²) in [5.74, 6) is 0. The maximum atomic E-state index is 11.7. The number of nitrogens with zero attached hydrogens (tertiary/aromatic N) is 6. The van der Waals surface area contributed by atoms with Gasteiger partial charge in [-0.25, -0.2) is 4.79 Å². The Bertz CT molecular complexity index is 690. The van der Waals surface area contributed by atoms with Crippen molar-refractivity contribution in [3.05, 3.63) is 35.9 Å². The first kappa shape index (κ1) is 16.5. The van der Waals surface area contributed by atoms with E-state index >= 15 is 0 Å². The summed E-state index contributed by atoms with van der Waals surface area (Å²) in [5, 5.41) is 11.6. The molecule has 2 amide bonds. The van der Waals surface area contributed by atoms with Gasteiger partial charge in [-0.05, 0) is 12.5 Å². The van der Waals surface area contributed by atoms with E-state index in [-0.39, 0.29) is 12.1 Å². The van der Waals surface area contributed by atoms with Crippen LogP contribution in [0.1, 0.15) is 23.7 Å². The fourth-order valence-corrected chi connectivity index (χ4v) is 3.11. The van der Waals surface area contributed by atoms with Gasteiger partial charge in [0, 0.05) is 65.3 Å². The van der Waals surface area contributed by atoms with Gasteiger partial charge in [0.25, 0.3) is 0 Å². The molecule has 2 aromatic heterocycles. The van der Waals surface area contributed by atoms with E-state index in [0.29, 0.717) is 6.54 Å². The average molecular weight is 331 g/mol. The normalized spacial score (nSPS) is 17.5. The molecule has 8 nitrogen and oxygen atoms in total. The number of aromatic nitrogens is 4. The zero-order valence-electron chi connectivity index (χ0n) is 14.5. The molecule has 1 aliphatic rings. The topological polar surface area (TPSA) is 71.2 Å². The Labute approximate surface area is 142 Å². The molecule has 24 heavy (non-hydrogen) atoms. The van der Waals surface area contributed by atoms with E-state index in [1.807, 2.05) is 24.1 Å². The minimum absolute atomic E-state index is 0.0567. The smallest absolute Gasteiger partial charge is 0.316 e. The second kappa shape index (κ2) is 7.04. The van der Waals surface area contributed by atoms with Gasteiger partial charge in [0.05, 0.1) is 17.9 Å². The lowest BCUT2D eigenvalue weighted by Crippen LogP contribution is -2.40. The molecule has 130 valence electrons. The van der Waals surface area contributed by atoms with Gasteiger partial charge in [0.1, 0.15) is 0 Å². The van der Waals surface area contributed by atoms with Crippen LogP contribution >= 0.6 is 0 Å². The molecule has 2 aromatic rings. The number of aryl methyl sites for hydroxylation is 1. The molecule has 8 heteroatoms. The molecule has 0 aliphatic carbocycles. The Morgan fingerprint density at radius 2 is 2.25 bits per heavy atom. The second-order valence-electron chi connectivity index (χ2n) is 6.53. The average Bonchev–Trinajstić information content (AvgIpc) is 3.16. The van der Waals surface area contributed by atoms with E-state index in [4.69, 9.17) is 0 Å². The zero-order chi connectivity index (χ0) is 17.1. The first-order valence-electron chi connectivity index (χ1n) is 8.20. The van der Waals surface area contributed by atoms with Crippen molar-refractivity contribution in [1.29, 1.82) is 0 Å². The first-order valence-corrected chi connectivity index (χ1v) is 8.20. The van der Waals surface area contributed by atoms with Gasteiger partial charge in [-0.2, -0.15) is 10.2 Å². The van der Waals surface area contributed by atoms with Crippen molar-refractivity contribution in [3.8, 4) is 0 Å². The molecule has 0 aromatic carbocycles. The number of hydrogen-bond donors (Lipinski definition) is 1. The molecular weight excluding hydrogens is 306 g/mol. The lowest BCUT2D eigenvalue weighted by Gasteiger charge is -2.33. The Morgan fingerprint density at radius 1 is 1.42 bits per heavy atom. The SMILES string of the molecule is CN(C)C(=O)NCC[C@H]1CN(Cc2cnn(C)c2)Cc2ccnn21. The van der Waals surface area contributed by atoms with Gasteiger partial charge in [0.2, 0.25) is 0 Å². The largest absolute Gasteiger partial charge is 0.338 e. The van der Waals surface area contributed by atoms with Crippen molar-refractivity contribution < 1.29 is 4.79 Å². The minimum Gasteiger partial charge on any atom is -0.338 e. The number of rotatable bonds is 5. The molecule has 3 rings (SSSR count). The summed E-state index contributed by atoms with van der Waals surface area (Å²) < 4.78 is 3.93. The van der Waals surface area contributed by atoms with Gasteiger partial charge < -0.3 is 10.2 Å². The fourth-order valence-electron chi connectivity index (χ4n) is 3.11. The molecule has 3 heterocycles. The van der Waals surface area contributed by atoms with E-state index in [1.54, 1.807) is 19.0 Å². The molecule has 0 bridgehead atoms. The van der Waals surface area contributed by atoms with Gasteiger partial charge in [-0.15, -0.1) is 0 Å². The van der Waals surface area contributed by atoms with E-state index in [1.165, 1.54) is 11.3 Å². The molecule has 1 N–H and O–H groups in total. The van der Waals surface area contributed by atoms with E-state index in [0.717, 1.165) is 26.1 Å². The molecular formula is C16H25N7O. The number of amides is 2. The minimum atomic E-state index is -0.0567. The first-order chi connectivity index (χ1) is 11.5. The highest BCUT2D eigenvalue weighted by Crippen LogP contribution is 2.23. The van der Waals surface area contributed by atoms with Crippen LogP contribution in [-0.4, -0.2) is 62.6 Å². The quantitative estimate of drug-likeness (QED) is 0.881. The number of fused-ring (bicyclic) bond motifs is 1.